The van der Waals surface area contributed by atoms with E-state index in [0.29, 0.717) is 12.1 Å². The molecule has 3 nitrogen and oxygen atoms in total. The highest BCUT2D eigenvalue weighted by Crippen LogP contribution is 2.39. The molecule has 92 valence electrons. The highest BCUT2D eigenvalue weighted by Gasteiger charge is 2.39. The minimum atomic E-state index is -0.532. The molecule has 1 aliphatic carbocycles. The molecule has 1 unspecified atom stereocenters. The molecule has 0 radical (unpaired) electrons. The number of H-pyrrole nitrogens is 1. The molecule has 1 heterocycles. The number of hydrogen-bond donors (Lipinski definition) is 1. The minimum absolute atomic E-state index is 0.0760. The van der Waals surface area contributed by atoms with E-state index in [9.17, 15) is 9.59 Å². The van der Waals surface area contributed by atoms with Crippen LogP contribution in [0.3, 0.4) is 0 Å². The summed E-state index contributed by atoms with van der Waals surface area (Å²) in [5.74, 6) is 0.0760. The van der Waals surface area contributed by atoms with Crippen LogP contribution in [0.25, 0.3) is 10.9 Å². The van der Waals surface area contributed by atoms with Crippen LogP contribution in [-0.4, -0.2) is 17.1 Å². The number of fused-ring (bicyclic) bond motifs is 3. The van der Waals surface area contributed by atoms with E-state index in [1.54, 1.807) is 0 Å². The number of aryl methyl sites for hydroxylation is 1. The van der Waals surface area contributed by atoms with Crippen molar-refractivity contribution in [3.8, 4) is 0 Å². The summed E-state index contributed by atoms with van der Waals surface area (Å²) >= 11 is 0. The molecule has 0 amide bonds. The Kier molecular flexibility index (Phi) is 2.37. The normalized spacial score (nSPS) is 23.1. The van der Waals surface area contributed by atoms with E-state index in [2.05, 4.69) is 4.98 Å². The fourth-order valence-electron chi connectivity index (χ4n) is 2.85. The second-order valence-electron chi connectivity index (χ2n) is 5.28. The van der Waals surface area contributed by atoms with E-state index in [4.69, 9.17) is 0 Å². The van der Waals surface area contributed by atoms with Gasteiger partial charge in [0.25, 0.3) is 0 Å². The number of hydrogen-bond acceptors (Lipinski definition) is 2. The van der Waals surface area contributed by atoms with Crippen molar-refractivity contribution >= 4 is 23.0 Å². The molecule has 0 bridgehead atoms. The number of aldehydes is 1. The molecule has 0 fully saturated rings. The standard InChI is InChI=1S/C15H15NO2/c1-15(8-9-17)7-6-11-10-4-2-3-5-12(10)16-13(11)14(15)18/h2-5,9,16H,6-8H2,1H3. The lowest BCUT2D eigenvalue weighted by atomic mass is 9.72. The fourth-order valence-corrected chi connectivity index (χ4v) is 2.85. The molecule has 1 N–H and O–H groups in total. The van der Waals surface area contributed by atoms with Crippen molar-refractivity contribution in [2.24, 2.45) is 5.41 Å². The summed E-state index contributed by atoms with van der Waals surface area (Å²) in [6, 6.07) is 7.97. The molecule has 0 aliphatic heterocycles. The van der Waals surface area contributed by atoms with E-state index in [1.807, 2.05) is 31.2 Å². The zero-order valence-corrected chi connectivity index (χ0v) is 10.3. The zero-order valence-electron chi connectivity index (χ0n) is 10.3. The number of para-hydroxylation sites is 1. The van der Waals surface area contributed by atoms with Crippen molar-refractivity contribution in [1.82, 2.24) is 4.98 Å². The van der Waals surface area contributed by atoms with E-state index in [0.717, 1.165) is 35.6 Å². The van der Waals surface area contributed by atoms with Gasteiger partial charge >= 0.3 is 0 Å². The van der Waals surface area contributed by atoms with Gasteiger partial charge in [0.2, 0.25) is 0 Å². The Morgan fingerprint density at radius 1 is 1.39 bits per heavy atom. The molecular weight excluding hydrogens is 226 g/mol. The van der Waals surface area contributed by atoms with Gasteiger partial charge < -0.3 is 9.78 Å². The van der Waals surface area contributed by atoms with Gasteiger partial charge in [0.05, 0.1) is 5.69 Å². The van der Waals surface area contributed by atoms with E-state index >= 15 is 0 Å². The Bertz CT molecular complexity index is 641. The zero-order chi connectivity index (χ0) is 12.8. The molecule has 3 heteroatoms. The summed E-state index contributed by atoms with van der Waals surface area (Å²) in [5.41, 5.74) is 2.28. The third-order valence-corrected chi connectivity index (χ3v) is 4.05. The lowest BCUT2D eigenvalue weighted by Crippen LogP contribution is -2.33. The third-order valence-electron chi connectivity index (χ3n) is 4.05. The molecular formula is C15H15NO2. The molecule has 3 rings (SSSR count). The molecule has 0 saturated carbocycles. The lowest BCUT2D eigenvalue weighted by Gasteiger charge is -2.30. The molecule has 1 aliphatic rings. The van der Waals surface area contributed by atoms with Crippen molar-refractivity contribution in [3.05, 3.63) is 35.5 Å². The average Bonchev–Trinajstić information content (AvgIpc) is 2.74. The first-order chi connectivity index (χ1) is 8.65. The van der Waals surface area contributed by atoms with Crippen LogP contribution < -0.4 is 0 Å². The average molecular weight is 241 g/mol. The van der Waals surface area contributed by atoms with Crippen molar-refractivity contribution in [2.75, 3.05) is 0 Å². The summed E-state index contributed by atoms with van der Waals surface area (Å²) in [7, 11) is 0. The van der Waals surface area contributed by atoms with Gasteiger partial charge in [0.15, 0.2) is 5.78 Å². The SMILES string of the molecule is CC1(CC=O)CCc2c([nH]c3ccccc23)C1=O. The van der Waals surface area contributed by atoms with E-state index < -0.39 is 5.41 Å². The second-order valence-corrected chi connectivity index (χ2v) is 5.28. The van der Waals surface area contributed by atoms with E-state index in [1.165, 1.54) is 0 Å². The maximum absolute atomic E-state index is 12.5. The van der Waals surface area contributed by atoms with Crippen LogP contribution in [0.15, 0.2) is 24.3 Å². The van der Waals surface area contributed by atoms with Crippen LogP contribution in [-0.2, 0) is 11.2 Å². The van der Waals surface area contributed by atoms with Gasteiger partial charge in [-0.3, -0.25) is 4.79 Å². The number of aromatic amines is 1. The Hall–Kier alpha value is -1.90. The predicted octanol–water partition coefficient (Wildman–Crippen LogP) is 2.89. The quantitative estimate of drug-likeness (QED) is 0.822. The Labute approximate surface area is 105 Å². The van der Waals surface area contributed by atoms with Crippen LogP contribution in [0.1, 0.15) is 35.8 Å². The number of benzene rings is 1. The largest absolute Gasteiger partial charge is 0.352 e. The van der Waals surface area contributed by atoms with Crippen LogP contribution in [0.4, 0.5) is 0 Å². The topological polar surface area (TPSA) is 49.9 Å². The van der Waals surface area contributed by atoms with Gasteiger partial charge in [-0.05, 0) is 24.5 Å². The number of carbonyl (C=O) groups excluding carboxylic acids is 2. The molecule has 2 aromatic rings. The van der Waals surface area contributed by atoms with Crippen LogP contribution in [0.2, 0.25) is 0 Å². The van der Waals surface area contributed by atoms with E-state index in [-0.39, 0.29) is 5.78 Å². The molecule has 0 saturated heterocycles. The van der Waals surface area contributed by atoms with Gasteiger partial charge in [-0.15, -0.1) is 0 Å². The van der Waals surface area contributed by atoms with Crippen LogP contribution >= 0.6 is 0 Å². The summed E-state index contributed by atoms with van der Waals surface area (Å²) in [5, 5.41) is 1.13. The Morgan fingerprint density at radius 2 is 2.17 bits per heavy atom. The monoisotopic (exact) mass is 241 g/mol. The molecule has 18 heavy (non-hydrogen) atoms. The first-order valence-corrected chi connectivity index (χ1v) is 6.24. The van der Waals surface area contributed by atoms with Crippen LogP contribution in [0.5, 0.6) is 0 Å². The summed E-state index contributed by atoms with van der Waals surface area (Å²) in [6.07, 6.45) is 2.76. The van der Waals surface area contributed by atoms with Crippen LogP contribution in [0, 0.1) is 5.41 Å². The molecule has 0 spiro atoms. The van der Waals surface area contributed by atoms with Gasteiger partial charge in [0.1, 0.15) is 6.29 Å². The summed E-state index contributed by atoms with van der Waals surface area (Å²) in [4.78, 5) is 26.5. The highest BCUT2D eigenvalue weighted by atomic mass is 16.1. The lowest BCUT2D eigenvalue weighted by molar-refractivity contribution is -0.109. The molecule has 1 atom stereocenters. The number of carbonyl (C=O) groups is 2. The van der Waals surface area contributed by atoms with Crippen molar-refractivity contribution in [2.45, 2.75) is 26.2 Å². The summed E-state index contributed by atoms with van der Waals surface area (Å²) < 4.78 is 0. The Morgan fingerprint density at radius 3 is 2.94 bits per heavy atom. The highest BCUT2D eigenvalue weighted by molar-refractivity contribution is 6.06. The maximum Gasteiger partial charge on any atom is 0.185 e. The maximum atomic E-state index is 12.5. The second kappa shape index (κ2) is 3.80. The fraction of sp³-hybridized carbons (Fsp3) is 0.333. The number of nitrogens with one attached hydrogen (secondary N) is 1. The predicted molar refractivity (Wildman–Crippen MR) is 69.7 cm³/mol. The minimum Gasteiger partial charge on any atom is -0.352 e. The van der Waals surface area contributed by atoms with Gasteiger partial charge in [-0.25, -0.2) is 0 Å². The Balaban J connectivity index is 2.17. The van der Waals surface area contributed by atoms with Gasteiger partial charge in [0, 0.05) is 22.7 Å². The first kappa shape index (κ1) is 11.2. The van der Waals surface area contributed by atoms with Gasteiger partial charge in [-0.1, -0.05) is 25.1 Å². The number of Topliss-reactive ketones (excluding diaryl/α,β-unsaturated/α-hetero) is 1. The molecule has 1 aromatic carbocycles. The number of ketones is 1. The van der Waals surface area contributed by atoms with Crippen molar-refractivity contribution < 1.29 is 9.59 Å². The van der Waals surface area contributed by atoms with Crippen molar-refractivity contribution in [3.63, 3.8) is 0 Å². The summed E-state index contributed by atoms with van der Waals surface area (Å²) in [6.45, 7) is 1.89. The van der Waals surface area contributed by atoms with Gasteiger partial charge in [-0.2, -0.15) is 0 Å². The van der Waals surface area contributed by atoms with Crippen molar-refractivity contribution in [1.29, 1.82) is 0 Å². The first-order valence-electron chi connectivity index (χ1n) is 6.24. The third kappa shape index (κ3) is 1.43. The smallest absolute Gasteiger partial charge is 0.185 e. The number of aromatic nitrogens is 1. The molecule has 1 aromatic heterocycles. The number of rotatable bonds is 2.